The van der Waals surface area contributed by atoms with Gasteiger partial charge in [0.1, 0.15) is 11.6 Å². The summed E-state index contributed by atoms with van der Waals surface area (Å²) in [5.41, 5.74) is 0. The second-order valence-corrected chi connectivity index (χ2v) is 5.81. The Labute approximate surface area is 108 Å². The van der Waals surface area contributed by atoms with Crippen molar-refractivity contribution in [1.29, 1.82) is 0 Å². The summed E-state index contributed by atoms with van der Waals surface area (Å²) in [6.45, 7) is 3.21. The molecule has 0 radical (unpaired) electrons. The quantitative estimate of drug-likeness (QED) is 0.771. The highest BCUT2D eigenvalue weighted by Gasteiger charge is 2.42. The molecule has 3 atom stereocenters. The molecule has 0 spiro atoms. The third-order valence-electron chi connectivity index (χ3n) is 4.49. The number of hydrogen-bond acceptors (Lipinski definition) is 2. The summed E-state index contributed by atoms with van der Waals surface area (Å²) in [5.74, 6) is 5.12. The van der Waals surface area contributed by atoms with Gasteiger partial charge in [0.2, 0.25) is 0 Å². The van der Waals surface area contributed by atoms with Crippen LogP contribution in [0.2, 0.25) is 0 Å². The summed E-state index contributed by atoms with van der Waals surface area (Å²) in [6.07, 6.45) is 6.69. The zero-order chi connectivity index (χ0) is 11.8. The predicted molar refractivity (Wildman–Crippen MR) is 68.1 cm³/mol. The van der Waals surface area contributed by atoms with E-state index < -0.39 is 0 Å². The summed E-state index contributed by atoms with van der Waals surface area (Å²) < 4.78 is 2.28. The van der Waals surface area contributed by atoms with Gasteiger partial charge in [0.15, 0.2) is 0 Å². The molecule has 3 rings (SSSR count). The van der Waals surface area contributed by atoms with Crippen LogP contribution in [0.3, 0.4) is 0 Å². The minimum Gasteiger partial charge on any atom is -0.314 e. The minimum absolute atomic E-state index is 0.480. The van der Waals surface area contributed by atoms with Crippen molar-refractivity contribution in [2.75, 3.05) is 0 Å². The molecule has 2 aliphatic carbocycles. The van der Waals surface area contributed by atoms with E-state index in [1.54, 1.807) is 0 Å². The molecule has 1 aromatic rings. The highest BCUT2D eigenvalue weighted by Crippen LogP contribution is 2.52. The molecule has 2 aliphatic rings. The highest BCUT2D eigenvalue weighted by molar-refractivity contribution is 6.16. The van der Waals surface area contributed by atoms with E-state index in [-0.39, 0.29) is 0 Å². The molecule has 17 heavy (non-hydrogen) atoms. The van der Waals surface area contributed by atoms with Crippen molar-refractivity contribution in [2.45, 2.75) is 57.4 Å². The molecule has 1 aromatic heterocycles. The van der Waals surface area contributed by atoms with Crippen LogP contribution in [0.1, 0.15) is 56.6 Å². The molecule has 2 fully saturated rings. The van der Waals surface area contributed by atoms with Crippen LogP contribution in [0.4, 0.5) is 0 Å². The van der Waals surface area contributed by atoms with Crippen LogP contribution >= 0.6 is 11.6 Å². The zero-order valence-electron chi connectivity index (χ0n) is 10.4. The molecule has 94 valence electrons. The fourth-order valence-electron chi connectivity index (χ4n) is 3.75. The molecule has 3 unspecified atom stereocenters. The average Bonchev–Trinajstić information content (AvgIpc) is 3.02. The Morgan fingerprint density at radius 1 is 1.29 bits per heavy atom. The molecule has 0 aromatic carbocycles. The fourth-order valence-corrected chi connectivity index (χ4v) is 3.95. The largest absolute Gasteiger partial charge is 0.314 e. The number of aromatic nitrogens is 3. The van der Waals surface area contributed by atoms with E-state index in [4.69, 9.17) is 11.6 Å². The minimum atomic E-state index is 0.480. The first-order valence-electron chi connectivity index (χ1n) is 6.81. The van der Waals surface area contributed by atoms with Gasteiger partial charge >= 0.3 is 0 Å². The van der Waals surface area contributed by atoms with Crippen molar-refractivity contribution in [3.63, 3.8) is 0 Å². The molecule has 0 aliphatic heterocycles. The van der Waals surface area contributed by atoms with Crippen molar-refractivity contribution in [3.8, 4) is 0 Å². The second kappa shape index (κ2) is 4.60. The van der Waals surface area contributed by atoms with Gasteiger partial charge in [-0.3, -0.25) is 0 Å². The molecule has 0 amide bonds. The standard InChI is InChI=1S/C13H20ClN3/c1-2-5-17-12(8-14)15-16-13(17)11-7-9-3-4-10(11)6-9/h9-11H,2-8H2,1H3. The summed E-state index contributed by atoms with van der Waals surface area (Å²) in [5, 5.41) is 8.70. The van der Waals surface area contributed by atoms with Gasteiger partial charge in [0.25, 0.3) is 0 Å². The summed E-state index contributed by atoms with van der Waals surface area (Å²) in [7, 11) is 0. The van der Waals surface area contributed by atoms with Gasteiger partial charge < -0.3 is 4.57 Å². The third-order valence-corrected chi connectivity index (χ3v) is 4.73. The SMILES string of the molecule is CCCn1c(CCl)nnc1C1CC2CCC1C2. The smallest absolute Gasteiger partial charge is 0.147 e. The van der Waals surface area contributed by atoms with E-state index in [9.17, 15) is 0 Å². The first-order valence-corrected chi connectivity index (χ1v) is 7.34. The van der Waals surface area contributed by atoms with Crippen molar-refractivity contribution >= 4 is 11.6 Å². The van der Waals surface area contributed by atoms with Crippen LogP contribution < -0.4 is 0 Å². The number of alkyl halides is 1. The topological polar surface area (TPSA) is 30.7 Å². The molecule has 0 N–H and O–H groups in total. The molecular weight excluding hydrogens is 234 g/mol. The Hall–Kier alpha value is -0.570. The van der Waals surface area contributed by atoms with Gasteiger partial charge in [0.05, 0.1) is 5.88 Å². The predicted octanol–water partition coefficient (Wildman–Crippen LogP) is 3.33. The normalized spacial score (nSPS) is 31.3. The summed E-state index contributed by atoms with van der Waals surface area (Å²) in [4.78, 5) is 0. The lowest BCUT2D eigenvalue weighted by atomic mass is 9.88. The second-order valence-electron chi connectivity index (χ2n) is 5.54. The number of nitrogens with zero attached hydrogens (tertiary/aromatic N) is 3. The van der Waals surface area contributed by atoms with Crippen LogP contribution in [0.15, 0.2) is 0 Å². The highest BCUT2D eigenvalue weighted by atomic mass is 35.5. The average molecular weight is 254 g/mol. The van der Waals surface area contributed by atoms with Crippen molar-refractivity contribution in [1.82, 2.24) is 14.8 Å². The molecule has 2 bridgehead atoms. The fraction of sp³-hybridized carbons (Fsp3) is 0.846. The van der Waals surface area contributed by atoms with E-state index in [0.29, 0.717) is 11.8 Å². The van der Waals surface area contributed by atoms with Crippen molar-refractivity contribution in [3.05, 3.63) is 11.6 Å². The van der Waals surface area contributed by atoms with Crippen LogP contribution in [0.25, 0.3) is 0 Å². The Morgan fingerprint density at radius 2 is 2.18 bits per heavy atom. The molecule has 0 saturated heterocycles. The van der Waals surface area contributed by atoms with Crippen LogP contribution in [0.5, 0.6) is 0 Å². The van der Waals surface area contributed by atoms with Gasteiger partial charge in [-0.15, -0.1) is 21.8 Å². The lowest BCUT2D eigenvalue weighted by Crippen LogP contribution is -2.16. The van der Waals surface area contributed by atoms with Crippen LogP contribution in [-0.4, -0.2) is 14.8 Å². The molecule has 3 nitrogen and oxygen atoms in total. The Bertz CT molecular complexity index is 401. The van der Waals surface area contributed by atoms with Crippen LogP contribution in [0, 0.1) is 11.8 Å². The molecule has 2 saturated carbocycles. The number of fused-ring (bicyclic) bond motifs is 2. The maximum absolute atomic E-state index is 5.94. The summed E-state index contributed by atoms with van der Waals surface area (Å²) >= 11 is 5.94. The van der Waals surface area contributed by atoms with E-state index in [1.165, 1.54) is 31.5 Å². The van der Waals surface area contributed by atoms with E-state index in [2.05, 4.69) is 21.7 Å². The maximum atomic E-state index is 5.94. The van der Waals surface area contributed by atoms with Gasteiger partial charge in [-0.2, -0.15) is 0 Å². The Balaban J connectivity index is 1.89. The molecular formula is C13H20ClN3. The van der Waals surface area contributed by atoms with Crippen molar-refractivity contribution < 1.29 is 0 Å². The van der Waals surface area contributed by atoms with E-state index >= 15 is 0 Å². The first kappa shape index (κ1) is 11.5. The lowest BCUT2D eigenvalue weighted by Gasteiger charge is -2.21. The van der Waals surface area contributed by atoms with Crippen LogP contribution in [-0.2, 0) is 12.4 Å². The number of hydrogen-bond donors (Lipinski definition) is 0. The van der Waals surface area contributed by atoms with Gasteiger partial charge in [-0.1, -0.05) is 13.3 Å². The Kier molecular flexibility index (Phi) is 3.12. The van der Waals surface area contributed by atoms with Crippen molar-refractivity contribution in [2.24, 2.45) is 11.8 Å². The van der Waals surface area contributed by atoms with E-state index in [0.717, 1.165) is 30.6 Å². The lowest BCUT2D eigenvalue weighted by molar-refractivity contribution is 0.391. The third kappa shape index (κ3) is 1.88. The van der Waals surface area contributed by atoms with E-state index in [1.807, 2.05) is 0 Å². The monoisotopic (exact) mass is 253 g/mol. The summed E-state index contributed by atoms with van der Waals surface area (Å²) in [6, 6.07) is 0. The van der Waals surface area contributed by atoms with Gasteiger partial charge in [0, 0.05) is 12.5 Å². The number of halogens is 1. The number of rotatable bonds is 4. The van der Waals surface area contributed by atoms with Gasteiger partial charge in [-0.25, -0.2) is 0 Å². The molecule has 1 heterocycles. The maximum Gasteiger partial charge on any atom is 0.147 e. The Morgan fingerprint density at radius 3 is 2.76 bits per heavy atom. The first-order chi connectivity index (χ1) is 8.33. The molecule has 4 heteroatoms. The zero-order valence-corrected chi connectivity index (χ0v) is 11.2. The van der Waals surface area contributed by atoms with Gasteiger partial charge in [-0.05, 0) is 37.5 Å².